The highest BCUT2D eigenvalue weighted by Gasteiger charge is 2.22. The van der Waals surface area contributed by atoms with E-state index in [2.05, 4.69) is 21.0 Å². The molecule has 0 radical (unpaired) electrons. The first-order valence-corrected chi connectivity index (χ1v) is 9.87. The molecule has 1 aromatic heterocycles. The number of nitrogens with two attached hydrogens (primary N) is 2. The van der Waals surface area contributed by atoms with E-state index in [9.17, 15) is 13.2 Å². The SMILES string of the molecule is NC(=O)c1nn(-c2ccc(S(N)(=O)=O)cc2)c(-c2ccc(Cl)cc2)c1Br. The number of nitrogens with zero attached hydrogens (tertiary/aromatic N) is 2. The van der Waals surface area contributed by atoms with Crippen LogP contribution in [0.3, 0.4) is 0 Å². The van der Waals surface area contributed by atoms with Crippen LogP contribution in [-0.4, -0.2) is 24.1 Å². The third-order valence-electron chi connectivity index (χ3n) is 3.59. The molecule has 26 heavy (non-hydrogen) atoms. The zero-order valence-corrected chi connectivity index (χ0v) is 16.2. The molecule has 1 heterocycles. The smallest absolute Gasteiger partial charge is 0.270 e. The van der Waals surface area contributed by atoms with Crippen LogP contribution in [0.5, 0.6) is 0 Å². The van der Waals surface area contributed by atoms with Crippen molar-refractivity contribution in [1.29, 1.82) is 0 Å². The Labute approximate surface area is 162 Å². The van der Waals surface area contributed by atoms with E-state index in [1.54, 1.807) is 24.3 Å². The summed E-state index contributed by atoms with van der Waals surface area (Å²) in [5, 5.41) is 9.93. The molecule has 0 bridgehead atoms. The zero-order chi connectivity index (χ0) is 19.1. The largest absolute Gasteiger partial charge is 0.364 e. The van der Waals surface area contributed by atoms with Crippen molar-refractivity contribution in [2.75, 3.05) is 0 Å². The first-order valence-electron chi connectivity index (χ1n) is 7.16. The highest BCUT2D eigenvalue weighted by Crippen LogP contribution is 2.34. The zero-order valence-electron chi connectivity index (χ0n) is 13.1. The number of primary sulfonamides is 1. The van der Waals surface area contributed by atoms with Gasteiger partial charge in [-0.15, -0.1) is 0 Å². The van der Waals surface area contributed by atoms with Crippen molar-refractivity contribution in [2.24, 2.45) is 10.9 Å². The van der Waals surface area contributed by atoms with Crippen LogP contribution in [0, 0.1) is 0 Å². The molecule has 2 aromatic carbocycles. The van der Waals surface area contributed by atoms with Gasteiger partial charge in [0.1, 0.15) is 0 Å². The normalized spacial score (nSPS) is 11.5. The lowest BCUT2D eigenvalue weighted by Crippen LogP contribution is -2.13. The molecule has 0 atom stereocenters. The van der Waals surface area contributed by atoms with Gasteiger partial charge in [-0.05, 0) is 52.3 Å². The molecule has 0 unspecified atom stereocenters. The Kier molecular flexibility index (Phi) is 4.89. The van der Waals surface area contributed by atoms with Crippen LogP contribution < -0.4 is 10.9 Å². The predicted octanol–water partition coefficient (Wildman–Crippen LogP) is 2.70. The van der Waals surface area contributed by atoms with Crippen molar-refractivity contribution in [3.05, 3.63) is 63.7 Å². The Morgan fingerprint density at radius 3 is 2.15 bits per heavy atom. The number of rotatable bonds is 4. The summed E-state index contributed by atoms with van der Waals surface area (Å²) in [6.07, 6.45) is 0. The van der Waals surface area contributed by atoms with Crippen molar-refractivity contribution in [3.63, 3.8) is 0 Å². The molecular weight excluding hydrogens is 444 g/mol. The molecule has 0 aliphatic rings. The summed E-state index contributed by atoms with van der Waals surface area (Å²) in [5.41, 5.74) is 7.27. The van der Waals surface area contributed by atoms with Crippen LogP contribution in [0.25, 0.3) is 16.9 Å². The summed E-state index contributed by atoms with van der Waals surface area (Å²) in [5.74, 6) is -0.702. The fraction of sp³-hybridized carbons (Fsp3) is 0. The third-order valence-corrected chi connectivity index (χ3v) is 5.52. The number of sulfonamides is 1. The molecule has 0 spiro atoms. The molecule has 4 N–H and O–H groups in total. The van der Waals surface area contributed by atoms with Crippen LogP contribution in [0.15, 0.2) is 57.9 Å². The summed E-state index contributed by atoms with van der Waals surface area (Å²) in [7, 11) is -3.81. The molecule has 7 nitrogen and oxygen atoms in total. The van der Waals surface area contributed by atoms with E-state index >= 15 is 0 Å². The van der Waals surface area contributed by atoms with Gasteiger partial charge < -0.3 is 5.73 Å². The van der Waals surface area contributed by atoms with Crippen LogP contribution >= 0.6 is 27.5 Å². The van der Waals surface area contributed by atoms with Gasteiger partial charge in [-0.1, -0.05) is 23.7 Å². The fourth-order valence-electron chi connectivity index (χ4n) is 2.38. The van der Waals surface area contributed by atoms with E-state index in [0.717, 1.165) is 5.56 Å². The number of amides is 1. The van der Waals surface area contributed by atoms with E-state index in [1.165, 1.54) is 28.9 Å². The van der Waals surface area contributed by atoms with Gasteiger partial charge in [-0.2, -0.15) is 5.10 Å². The second-order valence-corrected chi connectivity index (χ2v) is 8.12. The van der Waals surface area contributed by atoms with Crippen LogP contribution in [0.4, 0.5) is 0 Å². The van der Waals surface area contributed by atoms with E-state index in [4.69, 9.17) is 22.5 Å². The Balaban J connectivity index is 2.22. The van der Waals surface area contributed by atoms with Crippen LogP contribution in [-0.2, 0) is 10.0 Å². The maximum atomic E-state index is 11.7. The van der Waals surface area contributed by atoms with Crippen molar-refractivity contribution in [1.82, 2.24) is 9.78 Å². The number of halogens is 2. The van der Waals surface area contributed by atoms with Crippen molar-refractivity contribution in [3.8, 4) is 16.9 Å². The summed E-state index contributed by atoms with van der Waals surface area (Å²) in [6.45, 7) is 0. The lowest BCUT2D eigenvalue weighted by molar-refractivity contribution is 0.0994. The molecule has 0 saturated carbocycles. The Hall–Kier alpha value is -2.20. The minimum Gasteiger partial charge on any atom is -0.364 e. The van der Waals surface area contributed by atoms with Gasteiger partial charge in [0.2, 0.25) is 10.0 Å². The maximum Gasteiger partial charge on any atom is 0.270 e. The first kappa shape index (κ1) is 18.6. The molecule has 1 amide bonds. The van der Waals surface area contributed by atoms with E-state index in [-0.39, 0.29) is 10.6 Å². The van der Waals surface area contributed by atoms with Gasteiger partial charge in [0.25, 0.3) is 5.91 Å². The standard InChI is InChI=1S/C16H12BrClN4O3S/c17-13-14(16(19)23)21-22(15(13)9-1-3-10(18)4-2-9)11-5-7-12(8-6-11)26(20,24)25/h1-8H,(H2,19,23)(H2,20,24,25). The van der Waals surface area contributed by atoms with Crippen molar-refractivity contribution >= 4 is 43.5 Å². The number of primary amides is 1. The van der Waals surface area contributed by atoms with Crippen LogP contribution in [0.2, 0.25) is 5.02 Å². The molecule has 0 fully saturated rings. The average Bonchev–Trinajstić information content (AvgIpc) is 2.92. The van der Waals surface area contributed by atoms with Crippen molar-refractivity contribution < 1.29 is 13.2 Å². The van der Waals surface area contributed by atoms with E-state index < -0.39 is 15.9 Å². The lowest BCUT2D eigenvalue weighted by Gasteiger charge is -2.09. The highest BCUT2D eigenvalue weighted by atomic mass is 79.9. The average molecular weight is 456 g/mol. The lowest BCUT2D eigenvalue weighted by atomic mass is 10.1. The summed E-state index contributed by atoms with van der Waals surface area (Å²) in [4.78, 5) is 11.7. The predicted molar refractivity (Wildman–Crippen MR) is 102 cm³/mol. The molecule has 0 aliphatic carbocycles. The van der Waals surface area contributed by atoms with Gasteiger partial charge >= 0.3 is 0 Å². The monoisotopic (exact) mass is 454 g/mol. The Bertz CT molecular complexity index is 1090. The van der Waals surface area contributed by atoms with Gasteiger partial charge in [-0.25, -0.2) is 18.2 Å². The van der Waals surface area contributed by atoms with Gasteiger partial charge in [0, 0.05) is 10.6 Å². The Morgan fingerprint density at radius 1 is 1.08 bits per heavy atom. The third kappa shape index (κ3) is 3.51. The number of hydrogen-bond donors (Lipinski definition) is 2. The van der Waals surface area contributed by atoms with Gasteiger partial charge in [0.05, 0.1) is 20.7 Å². The molecule has 0 saturated heterocycles. The van der Waals surface area contributed by atoms with Crippen molar-refractivity contribution in [2.45, 2.75) is 4.90 Å². The molecule has 0 aliphatic heterocycles. The molecule has 3 rings (SSSR count). The van der Waals surface area contributed by atoms with E-state index in [0.29, 0.717) is 20.9 Å². The van der Waals surface area contributed by atoms with Gasteiger partial charge in [0.15, 0.2) is 5.69 Å². The highest BCUT2D eigenvalue weighted by molar-refractivity contribution is 9.10. The molecule has 3 aromatic rings. The topological polar surface area (TPSA) is 121 Å². The Morgan fingerprint density at radius 2 is 1.65 bits per heavy atom. The summed E-state index contributed by atoms with van der Waals surface area (Å²) in [6, 6.07) is 12.7. The van der Waals surface area contributed by atoms with E-state index in [1.807, 2.05) is 0 Å². The quantitative estimate of drug-likeness (QED) is 0.628. The summed E-state index contributed by atoms with van der Waals surface area (Å²) >= 11 is 9.30. The number of hydrogen-bond acceptors (Lipinski definition) is 4. The number of aromatic nitrogens is 2. The minimum atomic E-state index is -3.81. The second kappa shape index (κ2) is 6.84. The molecule has 134 valence electrons. The number of carbonyl (C=O) groups is 1. The molecular formula is C16H12BrClN4O3S. The minimum absolute atomic E-state index is 0.0318. The van der Waals surface area contributed by atoms with Gasteiger partial charge in [-0.3, -0.25) is 4.79 Å². The van der Waals surface area contributed by atoms with Crippen LogP contribution in [0.1, 0.15) is 10.5 Å². The maximum absolute atomic E-state index is 11.7. The summed E-state index contributed by atoms with van der Waals surface area (Å²) < 4.78 is 24.8. The number of benzene rings is 2. The number of carbonyl (C=O) groups excluding carboxylic acids is 1. The first-order chi connectivity index (χ1) is 12.2. The molecule has 10 heteroatoms. The fourth-order valence-corrected chi connectivity index (χ4v) is 3.69. The second-order valence-electron chi connectivity index (χ2n) is 5.33.